The molecule has 0 aliphatic rings. The summed E-state index contributed by atoms with van der Waals surface area (Å²) in [5, 5.41) is 2.67. The molecule has 0 fully saturated rings. The predicted molar refractivity (Wildman–Crippen MR) is 81.0 cm³/mol. The topological polar surface area (TPSA) is 60.7 Å². The molecule has 4 nitrogen and oxygen atoms in total. The molecule has 0 unspecified atom stereocenters. The first kappa shape index (κ1) is 14.4. The Morgan fingerprint density at radius 3 is 2.55 bits per heavy atom. The van der Waals surface area contributed by atoms with Crippen LogP contribution in [0.2, 0.25) is 0 Å². The minimum atomic E-state index is -0.537. The lowest BCUT2D eigenvalue weighted by Gasteiger charge is -2.06. The number of carbonyl (C=O) groups is 1. The smallest absolute Gasteiger partial charge is 0.253 e. The average molecular weight is 319 g/mol. The Morgan fingerprint density at radius 1 is 1.09 bits per heavy atom. The molecule has 1 aromatic heterocycles. The molecule has 0 spiro atoms. The molecule has 1 amide bonds. The summed E-state index contributed by atoms with van der Waals surface area (Å²) >= 11 is 4.96. The van der Waals surface area contributed by atoms with Gasteiger partial charge in [-0.3, -0.25) is 4.79 Å². The van der Waals surface area contributed by atoms with Crippen LogP contribution in [0, 0.1) is 16.4 Å². The van der Waals surface area contributed by atoms with Gasteiger partial charge in [0.2, 0.25) is 0 Å². The fourth-order valence-corrected chi connectivity index (χ4v) is 2.38. The Balaban J connectivity index is 1.85. The van der Waals surface area contributed by atoms with E-state index in [4.69, 9.17) is 12.2 Å². The van der Waals surface area contributed by atoms with E-state index in [1.807, 2.05) is 0 Å². The van der Waals surface area contributed by atoms with Gasteiger partial charge in [0.05, 0.1) is 16.6 Å². The quantitative estimate of drug-likeness (QED) is 0.648. The molecule has 112 valence electrons. The minimum absolute atomic E-state index is 0.157. The number of H-pyrrole nitrogens is 2. The number of nitrogens with one attached hydrogen (secondary N) is 3. The maximum absolute atomic E-state index is 13.6. The first-order valence-corrected chi connectivity index (χ1v) is 6.88. The largest absolute Gasteiger partial charge is 0.348 e. The van der Waals surface area contributed by atoms with Crippen LogP contribution in [0.1, 0.15) is 15.9 Å². The second kappa shape index (κ2) is 5.69. The number of hydrogen-bond acceptors (Lipinski definition) is 2. The number of imidazole rings is 1. The molecule has 7 heteroatoms. The Labute approximate surface area is 129 Å². The summed E-state index contributed by atoms with van der Waals surface area (Å²) in [4.78, 5) is 17.8. The van der Waals surface area contributed by atoms with Gasteiger partial charge in [-0.1, -0.05) is 12.1 Å². The Morgan fingerprint density at radius 2 is 1.82 bits per heavy atom. The highest BCUT2D eigenvalue weighted by Crippen LogP contribution is 2.18. The highest BCUT2D eigenvalue weighted by atomic mass is 32.1. The van der Waals surface area contributed by atoms with Crippen LogP contribution >= 0.6 is 12.2 Å². The zero-order valence-corrected chi connectivity index (χ0v) is 12.1. The molecule has 0 bridgehead atoms. The maximum Gasteiger partial charge on any atom is 0.253 e. The number of carbonyl (C=O) groups excluding carboxylic acids is 1. The lowest BCUT2D eigenvalue weighted by molar-refractivity contribution is 0.0952. The third-order valence-corrected chi connectivity index (χ3v) is 3.40. The predicted octanol–water partition coefficient (Wildman–Crippen LogP) is 3.43. The highest BCUT2D eigenvalue weighted by molar-refractivity contribution is 7.71. The zero-order valence-electron chi connectivity index (χ0n) is 11.2. The second-order valence-electron chi connectivity index (χ2n) is 4.76. The van der Waals surface area contributed by atoms with E-state index in [2.05, 4.69) is 15.3 Å². The molecule has 22 heavy (non-hydrogen) atoms. The maximum atomic E-state index is 13.6. The lowest BCUT2D eigenvalue weighted by atomic mass is 10.1. The highest BCUT2D eigenvalue weighted by Gasteiger charge is 2.13. The van der Waals surface area contributed by atoms with Crippen LogP contribution < -0.4 is 5.32 Å². The van der Waals surface area contributed by atoms with Gasteiger partial charge in [0.15, 0.2) is 4.77 Å². The van der Waals surface area contributed by atoms with E-state index in [1.54, 1.807) is 12.1 Å². The average Bonchev–Trinajstić information content (AvgIpc) is 2.85. The third kappa shape index (κ3) is 2.89. The fraction of sp³-hybridized carbons (Fsp3) is 0.0667. The SMILES string of the molecule is O=C(NCc1ccc(F)cc1)c1cc(F)cc2[nH]c(=S)[nH]c12. The molecule has 0 saturated carbocycles. The number of fused-ring (bicyclic) bond motifs is 1. The van der Waals surface area contributed by atoms with Gasteiger partial charge < -0.3 is 15.3 Å². The van der Waals surface area contributed by atoms with Crippen molar-refractivity contribution in [2.24, 2.45) is 0 Å². The Hall–Kier alpha value is -2.54. The Bertz CT molecular complexity index is 899. The van der Waals surface area contributed by atoms with E-state index in [9.17, 15) is 13.6 Å². The van der Waals surface area contributed by atoms with E-state index in [-0.39, 0.29) is 17.9 Å². The molecule has 0 aliphatic heterocycles. The summed E-state index contributed by atoms with van der Waals surface area (Å²) in [5.41, 5.74) is 1.77. The second-order valence-corrected chi connectivity index (χ2v) is 5.17. The van der Waals surface area contributed by atoms with Crippen LogP contribution in [0.15, 0.2) is 36.4 Å². The summed E-state index contributed by atoms with van der Waals surface area (Å²) in [6.45, 7) is 0.211. The first-order valence-electron chi connectivity index (χ1n) is 6.47. The van der Waals surface area contributed by atoms with Crippen LogP contribution in [0.25, 0.3) is 11.0 Å². The van der Waals surface area contributed by atoms with Crippen molar-refractivity contribution in [1.82, 2.24) is 15.3 Å². The fourth-order valence-electron chi connectivity index (χ4n) is 2.17. The minimum Gasteiger partial charge on any atom is -0.348 e. The third-order valence-electron chi connectivity index (χ3n) is 3.20. The summed E-state index contributed by atoms with van der Waals surface area (Å²) < 4.78 is 26.7. The number of hydrogen-bond donors (Lipinski definition) is 3. The van der Waals surface area contributed by atoms with Crippen molar-refractivity contribution in [3.8, 4) is 0 Å². The molecule has 1 heterocycles. The van der Waals surface area contributed by atoms with Gasteiger partial charge in [-0.2, -0.15) is 0 Å². The molecular weight excluding hydrogens is 308 g/mol. The molecule has 0 radical (unpaired) electrons. The van der Waals surface area contributed by atoms with Crippen LogP contribution in [-0.4, -0.2) is 15.9 Å². The molecule has 2 aromatic carbocycles. The number of aromatic nitrogens is 2. The van der Waals surface area contributed by atoms with Crippen molar-refractivity contribution < 1.29 is 13.6 Å². The summed E-state index contributed by atoms with van der Waals surface area (Å²) in [6.07, 6.45) is 0. The lowest BCUT2D eigenvalue weighted by Crippen LogP contribution is -2.23. The van der Waals surface area contributed by atoms with E-state index in [0.29, 0.717) is 15.8 Å². The number of amides is 1. The van der Waals surface area contributed by atoms with E-state index in [1.165, 1.54) is 18.2 Å². The van der Waals surface area contributed by atoms with Crippen LogP contribution in [0.5, 0.6) is 0 Å². The van der Waals surface area contributed by atoms with Crippen molar-refractivity contribution in [3.05, 3.63) is 63.9 Å². The van der Waals surface area contributed by atoms with Crippen molar-refractivity contribution in [3.63, 3.8) is 0 Å². The summed E-state index contributed by atoms with van der Waals surface area (Å²) in [6, 6.07) is 8.16. The first-order chi connectivity index (χ1) is 10.5. The number of rotatable bonds is 3. The summed E-state index contributed by atoms with van der Waals surface area (Å²) in [5.74, 6) is -1.33. The molecule has 3 N–H and O–H groups in total. The molecule has 3 aromatic rings. The number of benzene rings is 2. The van der Waals surface area contributed by atoms with Crippen molar-refractivity contribution in [1.29, 1.82) is 0 Å². The van der Waals surface area contributed by atoms with Gasteiger partial charge in [0, 0.05) is 6.54 Å². The van der Waals surface area contributed by atoms with E-state index in [0.717, 1.165) is 11.6 Å². The van der Waals surface area contributed by atoms with E-state index < -0.39 is 11.7 Å². The van der Waals surface area contributed by atoms with Gasteiger partial charge in [-0.05, 0) is 42.0 Å². The molecule has 0 saturated heterocycles. The van der Waals surface area contributed by atoms with Crippen LogP contribution in [0.4, 0.5) is 8.78 Å². The van der Waals surface area contributed by atoms with Crippen molar-refractivity contribution in [2.75, 3.05) is 0 Å². The normalized spacial score (nSPS) is 10.8. The van der Waals surface area contributed by atoms with Gasteiger partial charge in [-0.15, -0.1) is 0 Å². The Kier molecular flexibility index (Phi) is 3.72. The van der Waals surface area contributed by atoms with Crippen LogP contribution in [0.3, 0.4) is 0 Å². The van der Waals surface area contributed by atoms with Gasteiger partial charge in [0.25, 0.3) is 5.91 Å². The number of aromatic amines is 2. The number of halogens is 2. The molecule has 0 atom stereocenters. The molecular formula is C15H11F2N3OS. The van der Waals surface area contributed by atoms with E-state index >= 15 is 0 Å². The molecule has 0 aliphatic carbocycles. The van der Waals surface area contributed by atoms with Gasteiger partial charge in [0.1, 0.15) is 11.6 Å². The van der Waals surface area contributed by atoms with Gasteiger partial charge in [-0.25, -0.2) is 8.78 Å². The van der Waals surface area contributed by atoms with Crippen LogP contribution in [-0.2, 0) is 6.54 Å². The van der Waals surface area contributed by atoms with Crippen molar-refractivity contribution >= 4 is 29.2 Å². The zero-order chi connectivity index (χ0) is 15.7. The van der Waals surface area contributed by atoms with Gasteiger partial charge >= 0.3 is 0 Å². The monoisotopic (exact) mass is 319 g/mol. The summed E-state index contributed by atoms with van der Waals surface area (Å²) in [7, 11) is 0. The molecule has 3 rings (SSSR count). The van der Waals surface area contributed by atoms with Crippen molar-refractivity contribution in [2.45, 2.75) is 6.54 Å². The standard InChI is InChI=1S/C15H11F2N3OS/c16-9-3-1-8(2-4-9)7-18-14(21)11-5-10(17)6-12-13(11)20-15(22)19-12/h1-6H,7H2,(H,18,21)(H2,19,20,22).